The van der Waals surface area contributed by atoms with Gasteiger partial charge in [0.15, 0.2) is 0 Å². The van der Waals surface area contributed by atoms with Crippen molar-refractivity contribution in [2.75, 3.05) is 0 Å². The molecule has 0 aliphatic carbocycles. The summed E-state index contributed by atoms with van der Waals surface area (Å²) < 4.78 is 13.8. The van der Waals surface area contributed by atoms with E-state index in [0.29, 0.717) is 5.56 Å². The Kier molecular flexibility index (Phi) is 2.73. The highest BCUT2D eigenvalue weighted by molar-refractivity contribution is 5.15. The molecular weight excluding hydrogens is 229 g/mol. The van der Waals surface area contributed by atoms with Gasteiger partial charge in [-0.25, -0.2) is 4.79 Å². The third-order valence-electron chi connectivity index (χ3n) is 2.21. The van der Waals surface area contributed by atoms with Gasteiger partial charge in [-0.2, -0.15) is 4.39 Å². The zero-order valence-electron chi connectivity index (χ0n) is 8.55. The van der Waals surface area contributed by atoms with Gasteiger partial charge < -0.3 is 5.11 Å². The number of halogens is 1. The Morgan fingerprint density at radius 3 is 2.65 bits per heavy atom. The summed E-state index contributed by atoms with van der Waals surface area (Å²) in [5, 5.41) is 9.37. The first kappa shape index (κ1) is 11.1. The first-order valence-electron chi connectivity index (χ1n) is 4.70. The quantitative estimate of drug-likeness (QED) is 0.758. The summed E-state index contributed by atoms with van der Waals surface area (Å²) in [6, 6.07) is 3.21. The third kappa shape index (κ3) is 2.07. The highest BCUT2D eigenvalue weighted by Crippen LogP contribution is 2.09. The van der Waals surface area contributed by atoms with E-state index in [1.54, 1.807) is 17.1 Å². The lowest BCUT2D eigenvalue weighted by Gasteiger charge is -2.07. The van der Waals surface area contributed by atoms with E-state index < -0.39 is 22.9 Å². The zero-order valence-corrected chi connectivity index (χ0v) is 8.55. The molecule has 2 aromatic heterocycles. The molecule has 0 radical (unpaired) electrons. The molecule has 0 atom stereocenters. The minimum Gasteiger partial charge on any atom is -0.492 e. The van der Waals surface area contributed by atoms with Crippen molar-refractivity contribution in [3.63, 3.8) is 0 Å². The van der Waals surface area contributed by atoms with Crippen LogP contribution in [0.3, 0.4) is 0 Å². The monoisotopic (exact) mass is 237 g/mol. The SMILES string of the molecule is O=c1[nH]c(=O)n(Cc2ccncc2)c(O)c1F. The van der Waals surface area contributed by atoms with E-state index in [9.17, 15) is 19.1 Å². The van der Waals surface area contributed by atoms with E-state index in [0.717, 1.165) is 4.57 Å². The maximum Gasteiger partial charge on any atom is 0.331 e. The molecule has 2 heterocycles. The molecule has 0 bridgehead atoms. The summed E-state index contributed by atoms with van der Waals surface area (Å²) in [5.74, 6) is -2.35. The Labute approximate surface area is 94.0 Å². The Morgan fingerprint density at radius 1 is 1.35 bits per heavy atom. The number of aromatic hydroxyl groups is 1. The molecule has 0 aliphatic rings. The minimum absolute atomic E-state index is 0.0547. The number of rotatable bonds is 2. The van der Waals surface area contributed by atoms with Crippen LogP contribution in [0, 0.1) is 5.82 Å². The van der Waals surface area contributed by atoms with Gasteiger partial charge in [-0.1, -0.05) is 0 Å². The van der Waals surface area contributed by atoms with E-state index >= 15 is 0 Å². The molecule has 2 rings (SSSR count). The summed E-state index contributed by atoms with van der Waals surface area (Å²) in [6.45, 7) is -0.0547. The second-order valence-corrected chi connectivity index (χ2v) is 3.34. The van der Waals surface area contributed by atoms with Crippen LogP contribution >= 0.6 is 0 Å². The second kappa shape index (κ2) is 4.20. The van der Waals surface area contributed by atoms with Gasteiger partial charge >= 0.3 is 5.69 Å². The molecule has 17 heavy (non-hydrogen) atoms. The van der Waals surface area contributed by atoms with E-state index in [2.05, 4.69) is 4.98 Å². The Balaban J connectivity index is 2.51. The van der Waals surface area contributed by atoms with Crippen LogP contribution in [0.2, 0.25) is 0 Å². The number of aromatic amines is 1. The first-order chi connectivity index (χ1) is 8.09. The molecule has 7 heteroatoms. The average molecular weight is 237 g/mol. The van der Waals surface area contributed by atoms with Gasteiger partial charge in [-0.15, -0.1) is 0 Å². The summed E-state index contributed by atoms with van der Waals surface area (Å²) in [4.78, 5) is 27.8. The third-order valence-corrected chi connectivity index (χ3v) is 2.21. The molecule has 0 spiro atoms. The average Bonchev–Trinajstić information content (AvgIpc) is 2.33. The van der Waals surface area contributed by atoms with Crippen LogP contribution in [0.25, 0.3) is 0 Å². The summed E-state index contributed by atoms with van der Waals surface area (Å²) >= 11 is 0. The number of pyridine rings is 1. The van der Waals surface area contributed by atoms with Gasteiger partial charge in [-0.3, -0.25) is 19.3 Å². The Hall–Kier alpha value is -2.44. The van der Waals surface area contributed by atoms with Crippen molar-refractivity contribution in [3.05, 3.63) is 56.7 Å². The smallest absolute Gasteiger partial charge is 0.331 e. The summed E-state index contributed by atoms with van der Waals surface area (Å²) in [5.41, 5.74) is -1.46. The van der Waals surface area contributed by atoms with E-state index in [-0.39, 0.29) is 6.54 Å². The van der Waals surface area contributed by atoms with Crippen LogP contribution in [0.15, 0.2) is 34.1 Å². The molecular formula is C10H8FN3O3. The molecule has 0 unspecified atom stereocenters. The number of H-pyrrole nitrogens is 1. The fraction of sp³-hybridized carbons (Fsp3) is 0.100. The van der Waals surface area contributed by atoms with Gasteiger partial charge in [0.1, 0.15) is 0 Å². The van der Waals surface area contributed by atoms with E-state index in [4.69, 9.17) is 0 Å². The fourth-order valence-electron chi connectivity index (χ4n) is 1.35. The summed E-state index contributed by atoms with van der Waals surface area (Å²) in [7, 11) is 0. The Morgan fingerprint density at radius 2 is 2.00 bits per heavy atom. The number of nitrogens with one attached hydrogen (secondary N) is 1. The number of hydrogen-bond donors (Lipinski definition) is 2. The fourth-order valence-corrected chi connectivity index (χ4v) is 1.35. The molecule has 6 nitrogen and oxygen atoms in total. The van der Waals surface area contributed by atoms with Crippen molar-refractivity contribution in [3.8, 4) is 5.88 Å². The standard InChI is InChI=1S/C10H8FN3O3/c11-7-8(15)13-10(17)14(9(7)16)5-6-1-3-12-4-2-6/h1-4,16H,5H2,(H,13,15,17). The van der Waals surface area contributed by atoms with Crippen molar-refractivity contribution < 1.29 is 9.50 Å². The molecule has 0 saturated heterocycles. The predicted molar refractivity (Wildman–Crippen MR) is 56.3 cm³/mol. The molecule has 0 fully saturated rings. The maximum atomic E-state index is 13.1. The van der Waals surface area contributed by atoms with Gasteiger partial charge in [-0.05, 0) is 17.7 Å². The van der Waals surface area contributed by atoms with Crippen LogP contribution in [0.4, 0.5) is 4.39 Å². The van der Waals surface area contributed by atoms with Crippen molar-refractivity contribution >= 4 is 0 Å². The largest absolute Gasteiger partial charge is 0.492 e. The van der Waals surface area contributed by atoms with Crippen LogP contribution in [0.1, 0.15) is 5.56 Å². The van der Waals surface area contributed by atoms with Crippen LogP contribution in [-0.4, -0.2) is 19.6 Å². The topological polar surface area (TPSA) is 88.0 Å². The predicted octanol–water partition coefficient (Wildman–Crippen LogP) is -0.175. The number of aromatic nitrogens is 3. The highest BCUT2D eigenvalue weighted by Gasteiger charge is 2.13. The van der Waals surface area contributed by atoms with Gasteiger partial charge in [0.05, 0.1) is 6.54 Å². The van der Waals surface area contributed by atoms with Crippen molar-refractivity contribution in [1.82, 2.24) is 14.5 Å². The minimum atomic E-state index is -1.38. The summed E-state index contributed by atoms with van der Waals surface area (Å²) in [6.07, 6.45) is 3.00. The molecule has 2 N–H and O–H groups in total. The number of hydrogen-bond acceptors (Lipinski definition) is 4. The van der Waals surface area contributed by atoms with Crippen molar-refractivity contribution in [2.45, 2.75) is 6.54 Å². The lowest BCUT2D eigenvalue weighted by molar-refractivity contribution is 0.367. The van der Waals surface area contributed by atoms with Gasteiger partial charge in [0.25, 0.3) is 5.56 Å². The van der Waals surface area contributed by atoms with Crippen LogP contribution < -0.4 is 11.2 Å². The lowest BCUT2D eigenvalue weighted by atomic mass is 10.3. The zero-order chi connectivity index (χ0) is 12.4. The van der Waals surface area contributed by atoms with Crippen LogP contribution in [-0.2, 0) is 6.54 Å². The maximum absolute atomic E-state index is 13.1. The lowest BCUT2D eigenvalue weighted by Crippen LogP contribution is -2.32. The molecule has 0 aliphatic heterocycles. The molecule has 0 saturated carbocycles. The first-order valence-corrected chi connectivity index (χ1v) is 4.70. The normalized spacial score (nSPS) is 10.4. The van der Waals surface area contributed by atoms with Gasteiger partial charge in [0, 0.05) is 12.4 Å². The molecule has 0 aromatic carbocycles. The number of nitrogens with zero attached hydrogens (tertiary/aromatic N) is 2. The Bertz CT molecular complexity index is 648. The van der Waals surface area contributed by atoms with Gasteiger partial charge in [0.2, 0.25) is 11.7 Å². The van der Waals surface area contributed by atoms with Crippen LogP contribution in [0.5, 0.6) is 5.88 Å². The highest BCUT2D eigenvalue weighted by atomic mass is 19.1. The molecule has 2 aromatic rings. The van der Waals surface area contributed by atoms with Crippen molar-refractivity contribution in [1.29, 1.82) is 0 Å². The van der Waals surface area contributed by atoms with E-state index in [1.165, 1.54) is 12.4 Å². The second-order valence-electron chi connectivity index (χ2n) is 3.34. The van der Waals surface area contributed by atoms with E-state index in [1.807, 2.05) is 0 Å². The molecule has 88 valence electrons. The van der Waals surface area contributed by atoms with Crippen molar-refractivity contribution in [2.24, 2.45) is 0 Å². The molecule has 0 amide bonds.